The highest BCUT2D eigenvalue weighted by atomic mass is 32.2. The van der Waals surface area contributed by atoms with Crippen molar-refractivity contribution in [2.45, 2.75) is 18.4 Å². The molecule has 0 saturated carbocycles. The molecule has 0 aliphatic rings. The van der Waals surface area contributed by atoms with Crippen molar-refractivity contribution in [3.8, 4) is 0 Å². The molecule has 1 aromatic heterocycles. The minimum Gasteiger partial charge on any atom is -0.455 e. The molecular formula is C9H11F2NO2S. The van der Waals surface area contributed by atoms with Gasteiger partial charge >= 0.3 is 0 Å². The quantitative estimate of drug-likeness (QED) is 0.852. The van der Waals surface area contributed by atoms with Gasteiger partial charge < -0.3 is 9.73 Å². The third kappa shape index (κ3) is 3.91. The summed E-state index contributed by atoms with van der Waals surface area (Å²) in [4.78, 5) is 11.2. The van der Waals surface area contributed by atoms with E-state index in [9.17, 15) is 13.6 Å². The Morgan fingerprint density at radius 2 is 2.33 bits per heavy atom. The summed E-state index contributed by atoms with van der Waals surface area (Å²) in [6.07, 6.45) is 0. The number of hydrogen-bond donors (Lipinski definition) is 1. The molecular weight excluding hydrogens is 224 g/mol. The third-order valence-corrected chi connectivity index (χ3v) is 2.28. The van der Waals surface area contributed by atoms with E-state index in [0.29, 0.717) is 24.1 Å². The summed E-state index contributed by atoms with van der Waals surface area (Å²) in [6, 6.07) is 3.01. The van der Waals surface area contributed by atoms with Crippen LogP contribution < -0.4 is 5.32 Å². The monoisotopic (exact) mass is 235 g/mol. The molecule has 3 nitrogen and oxygen atoms in total. The Kier molecular flexibility index (Phi) is 4.61. The molecule has 0 unspecified atom stereocenters. The zero-order chi connectivity index (χ0) is 11.3. The predicted octanol–water partition coefficient (Wildman–Crippen LogP) is 2.49. The summed E-state index contributed by atoms with van der Waals surface area (Å²) >= 11 is 0.464. The molecule has 0 saturated heterocycles. The van der Waals surface area contributed by atoms with E-state index < -0.39 is 5.76 Å². The number of furan rings is 1. The van der Waals surface area contributed by atoms with Crippen LogP contribution >= 0.6 is 11.8 Å². The molecule has 0 aliphatic carbocycles. The Morgan fingerprint density at radius 1 is 1.60 bits per heavy atom. The number of carbonyl (C=O) groups is 1. The van der Waals surface area contributed by atoms with E-state index in [1.807, 2.05) is 0 Å². The molecule has 0 aromatic carbocycles. The van der Waals surface area contributed by atoms with Crippen LogP contribution in [0.4, 0.5) is 8.78 Å². The highest BCUT2D eigenvalue weighted by Crippen LogP contribution is 2.21. The lowest BCUT2D eigenvalue weighted by molar-refractivity contribution is 0.0927. The van der Waals surface area contributed by atoms with E-state index in [-0.39, 0.29) is 17.4 Å². The predicted molar refractivity (Wildman–Crippen MR) is 54.0 cm³/mol. The Bertz CT molecular complexity index is 328. The number of thioether (sulfide) groups is 1. The van der Waals surface area contributed by atoms with Gasteiger partial charge in [0, 0.05) is 6.54 Å². The molecule has 1 aromatic rings. The summed E-state index contributed by atoms with van der Waals surface area (Å²) in [5.74, 6) is -2.16. The Labute approximate surface area is 90.2 Å². The van der Waals surface area contributed by atoms with Crippen LogP contribution in [0, 0.1) is 0 Å². The van der Waals surface area contributed by atoms with Gasteiger partial charge in [0.1, 0.15) is 5.76 Å². The van der Waals surface area contributed by atoms with E-state index >= 15 is 0 Å². The van der Waals surface area contributed by atoms with Crippen LogP contribution in [-0.2, 0) is 5.75 Å². The number of amides is 1. The molecule has 1 rings (SSSR count). The van der Waals surface area contributed by atoms with Gasteiger partial charge in [-0.1, -0.05) is 11.8 Å². The summed E-state index contributed by atoms with van der Waals surface area (Å²) in [6.45, 7) is 2.29. The first-order chi connectivity index (χ1) is 7.13. The maximum atomic E-state index is 11.8. The first-order valence-electron chi connectivity index (χ1n) is 4.40. The zero-order valence-electron chi connectivity index (χ0n) is 8.13. The summed E-state index contributed by atoms with van der Waals surface area (Å²) < 4.78 is 28.8. The fourth-order valence-corrected chi connectivity index (χ4v) is 1.42. The van der Waals surface area contributed by atoms with Crippen LogP contribution in [0.5, 0.6) is 0 Å². The fourth-order valence-electron chi connectivity index (χ4n) is 0.970. The molecule has 0 spiro atoms. The first-order valence-corrected chi connectivity index (χ1v) is 5.45. The van der Waals surface area contributed by atoms with Crippen LogP contribution in [-0.4, -0.2) is 18.2 Å². The van der Waals surface area contributed by atoms with Gasteiger partial charge in [-0.2, -0.15) is 8.78 Å². The minimum atomic E-state index is -2.43. The van der Waals surface area contributed by atoms with Gasteiger partial charge in [-0.3, -0.25) is 4.79 Å². The molecule has 84 valence electrons. The molecule has 6 heteroatoms. The van der Waals surface area contributed by atoms with E-state index in [1.165, 1.54) is 12.1 Å². The number of alkyl halides is 2. The number of nitrogens with one attached hydrogen (secondary N) is 1. The SMILES string of the molecule is CCNC(=O)c1ccc(CSC(F)F)o1. The van der Waals surface area contributed by atoms with Crippen molar-refractivity contribution in [1.82, 2.24) is 5.32 Å². The number of hydrogen-bond acceptors (Lipinski definition) is 3. The maximum Gasteiger partial charge on any atom is 0.286 e. The standard InChI is InChI=1S/C9H11F2NO2S/c1-2-12-8(13)7-4-3-6(14-7)5-15-9(10)11/h3-4,9H,2,5H2,1H3,(H,12,13). The van der Waals surface area contributed by atoms with Crippen LogP contribution in [0.15, 0.2) is 16.5 Å². The van der Waals surface area contributed by atoms with Crippen LogP contribution in [0.25, 0.3) is 0 Å². The van der Waals surface area contributed by atoms with Gasteiger partial charge in [-0.05, 0) is 19.1 Å². The average molecular weight is 235 g/mol. The van der Waals surface area contributed by atoms with E-state index in [1.54, 1.807) is 6.92 Å². The Hall–Kier alpha value is -1.04. The second kappa shape index (κ2) is 5.75. The van der Waals surface area contributed by atoms with Crippen molar-refractivity contribution < 1.29 is 18.0 Å². The summed E-state index contributed by atoms with van der Waals surface area (Å²) in [5, 5.41) is 2.55. The molecule has 0 aliphatic heterocycles. The van der Waals surface area contributed by atoms with Crippen molar-refractivity contribution in [2.24, 2.45) is 0 Å². The number of halogens is 2. The molecule has 0 bridgehead atoms. The largest absolute Gasteiger partial charge is 0.455 e. The second-order valence-electron chi connectivity index (χ2n) is 2.70. The zero-order valence-corrected chi connectivity index (χ0v) is 8.94. The molecule has 1 heterocycles. The van der Waals surface area contributed by atoms with Gasteiger partial charge in [0.15, 0.2) is 5.76 Å². The van der Waals surface area contributed by atoms with Crippen LogP contribution in [0.3, 0.4) is 0 Å². The molecule has 0 fully saturated rings. The van der Waals surface area contributed by atoms with Crippen molar-refractivity contribution >= 4 is 17.7 Å². The lowest BCUT2D eigenvalue weighted by Gasteiger charge is -1.98. The van der Waals surface area contributed by atoms with Gasteiger partial charge in [0.05, 0.1) is 5.75 Å². The topological polar surface area (TPSA) is 42.2 Å². The third-order valence-electron chi connectivity index (χ3n) is 1.57. The summed E-state index contributed by atoms with van der Waals surface area (Å²) in [7, 11) is 0. The highest BCUT2D eigenvalue weighted by molar-refractivity contribution is 7.98. The number of rotatable bonds is 5. The number of carbonyl (C=O) groups excluding carboxylic acids is 1. The van der Waals surface area contributed by atoms with E-state index in [4.69, 9.17) is 4.42 Å². The molecule has 0 atom stereocenters. The molecule has 1 N–H and O–H groups in total. The lowest BCUT2D eigenvalue weighted by atomic mass is 10.4. The van der Waals surface area contributed by atoms with Gasteiger partial charge in [0.2, 0.25) is 0 Å². The fraction of sp³-hybridized carbons (Fsp3) is 0.444. The van der Waals surface area contributed by atoms with E-state index in [0.717, 1.165) is 0 Å². The van der Waals surface area contributed by atoms with Gasteiger partial charge in [0.25, 0.3) is 11.7 Å². The van der Waals surface area contributed by atoms with Crippen molar-refractivity contribution in [2.75, 3.05) is 6.54 Å². The molecule has 1 amide bonds. The molecule has 0 radical (unpaired) electrons. The van der Waals surface area contributed by atoms with Gasteiger partial charge in [-0.15, -0.1) is 0 Å². The first kappa shape index (κ1) is 12.0. The van der Waals surface area contributed by atoms with Crippen molar-refractivity contribution in [3.05, 3.63) is 23.7 Å². The minimum absolute atomic E-state index is 0.0665. The summed E-state index contributed by atoms with van der Waals surface area (Å²) in [5.41, 5.74) is 0. The van der Waals surface area contributed by atoms with Crippen molar-refractivity contribution in [1.29, 1.82) is 0 Å². The van der Waals surface area contributed by atoms with Crippen molar-refractivity contribution in [3.63, 3.8) is 0 Å². The van der Waals surface area contributed by atoms with Crippen LogP contribution in [0.1, 0.15) is 23.2 Å². The molecule has 15 heavy (non-hydrogen) atoms. The highest BCUT2D eigenvalue weighted by Gasteiger charge is 2.11. The smallest absolute Gasteiger partial charge is 0.286 e. The normalized spacial score (nSPS) is 10.7. The van der Waals surface area contributed by atoms with Gasteiger partial charge in [-0.25, -0.2) is 0 Å². The lowest BCUT2D eigenvalue weighted by Crippen LogP contribution is -2.21. The Morgan fingerprint density at radius 3 is 2.93 bits per heavy atom. The Balaban J connectivity index is 2.52. The maximum absolute atomic E-state index is 11.8. The average Bonchev–Trinajstić information content (AvgIpc) is 2.63. The van der Waals surface area contributed by atoms with E-state index in [2.05, 4.69) is 5.32 Å². The van der Waals surface area contributed by atoms with Crippen LogP contribution in [0.2, 0.25) is 0 Å². The second-order valence-corrected chi connectivity index (χ2v) is 3.68.